The number of benzene rings is 2. The van der Waals surface area contributed by atoms with Crippen molar-refractivity contribution in [2.24, 2.45) is 5.73 Å². The normalized spacial score (nSPS) is 16.3. The maximum absolute atomic E-state index is 12.7. The molecule has 170 valence electrons. The first-order valence-electron chi connectivity index (χ1n) is 9.60. The highest BCUT2D eigenvalue weighted by Crippen LogP contribution is 2.29. The lowest BCUT2D eigenvalue weighted by Gasteiger charge is -2.40. The van der Waals surface area contributed by atoms with Gasteiger partial charge in [-0.3, -0.25) is 15.0 Å². The first-order chi connectivity index (χ1) is 15.2. The van der Waals surface area contributed by atoms with E-state index in [1.807, 2.05) is 0 Å². The Morgan fingerprint density at radius 2 is 1.97 bits per heavy atom. The predicted molar refractivity (Wildman–Crippen MR) is 112 cm³/mol. The molecule has 0 spiro atoms. The number of nitrogens with one attached hydrogen (secondary N) is 2. The van der Waals surface area contributed by atoms with Gasteiger partial charge in [-0.15, -0.1) is 0 Å². The monoisotopic (exact) mass is 466 g/mol. The van der Waals surface area contributed by atoms with Crippen molar-refractivity contribution >= 4 is 29.3 Å². The van der Waals surface area contributed by atoms with Crippen molar-refractivity contribution < 1.29 is 28.2 Å². The SMILES string of the molecule is N=C(N)c1ccc(CNC(=O)C2CCN2C(=O)[C@H](O)c2cc(Cl)cc(OC(F)F)c2)cc1. The Labute approximate surface area is 187 Å². The summed E-state index contributed by atoms with van der Waals surface area (Å²) in [7, 11) is 0. The number of nitrogens with zero attached hydrogens (tertiary/aromatic N) is 1. The minimum atomic E-state index is -3.09. The Kier molecular flexibility index (Phi) is 7.26. The summed E-state index contributed by atoms with van der Waals surface area (Å²) >= 11 is 5.87. The predicted octanol–water partition coefficient (Wildman–Crippen LogP) is 2.18. The lowest BCUT2D eigenvalue weighted by Crippen LogP contribution is -2.59. The standard InChI is InChI=1S/C21H21ClF2N4O4/c22-14-7-13(8-15(9-14)32-21(23)24)17(29)20(31)28-6-5-16(28)19(30)27-10-11-1-3-12(4-2-11)18(25)26/h1-4,7-9,16-17,21,29H,5-6,10H2,(H3,25,26)(H,27,30)/t16?,17-/m1/s1. The van der Waals surface area contributed by atoms with Gasteiger partial charge in [0.1, 0.15) is 17.6 Å². The average molecular weight is 467 g/mol. The van der Waals surface area contributed by atoms with Crippen LogP contribution >= 0.6 is 11.6 Å². The minimum Gasteiger partial charge on any atom is -0.435 e. The van der Waals surface area contributed by atoms with Crippen LogP contribution < -0.4 is 15.8 Å². The van der Waals surface area contributed by atoms with Crippen molar-refractivity contribution in [3.8, 4) is 5.75 Å². The molecule has 0 aromatic heterocycles. The van der Waals surface area contributed by atoms with Crippen LogP contribution in [0.1, 0.15) is 29.2 Å². The molecular weight excluding hydrogens is 446 g/mol. The summed E-state index contributed by atoms with van der Waals surface area (Å²) in [5, 5.41) is 20.6. The van der Waals surface area contributed by atoms with E-state index in [4.69, 9.17) is 22.7 Å². The molecule has 1 fully saturated rings. The summed E-state index contributed by atoms with van der Waals surface area (Å²) < 4.78 is 29.2. The van der Waals surface area contributed by atoms with Crippen molar-refractivity contribution in [2.45, 2.75) is 31.7 Å². The second kappa shape index (κ2) is 9.92. The Bertz CT molecular complexity index is 1020. The maximum Gasteiger partial charge on any atom is 0.387 e. The fourth-order valence-electron chi connectivity index (χ4n) is 3.25. The summed E-state index contributed by atoms with van der Waals surface area (Å²) in [5.41, 5.74) is 6.73. The number of aliphatic hydroxyl groups is 1. The van der Waals surface area contributed by atoms with Crippen LogP contribution in [0.3, 0.4) is 0 Å². The first kappa shape index (κ1) is 23.4. The zero-order valence-corrected chi connectivity index (χ0v) is 17.5. The van der Waals surface area contributed by atoms with E-state index in [9.17, 15) is 23.5 Å². The molecule has 0 bridgehead atoms. The fraction of sp³-hybridized carbons (Fsp3) is 0.286. The van der Waals surface area contributed by atoms with Crippen LogP contribution in [0.25, 0.3) is 0 Å². The van der Waals surface area contributed by atoms with Gasteiger partial charge in [-0.25, -0.2) is 0 Å². The number of halogens is 3. The van der Waals surface area contributed by atoms with E-state index < -0.39 is 24.7 Å². The highest BCUT2D eigenvalue weighted by atomic mass is 35.5. The molecule has 3 rings (SSSR count). The van der Waals surface area contributed by atoms with Gasteiger partial charge in [0.25, 0.3) is 5.91 Å². The second-order valence-corrected chi connectivity index (χ2v) is 7.60. The Morgan fingerprint density at radius 3 is 2.53 bits per heavy atom. The minimum absolute atomic E-state index is 0.0127. The number of carbonyl (C=O) groups excluding carboxylic acids is 2. The molecule has 2 aromatic carbocycles. The van der Waals surface area contributed by atoms with Crippen LogP contribution in [0.4, 0.5) is 8.78 Å². The molecule has 1 aliphatic heterocycles. The van der Waals surface area contributed by atoms with Crippen molar-refractivity contribution in [1.29, 1.82) is 5.41 Å². The molecule has 1 unspecified atom stereocenters. The number of aliphatic hydroxyl groups excluding tert-OH is 1. The van der Waals surface area contributed by atoms with Crippen molar-refractivity contribution in [2.75, 3.05) is 6.54 Å². The third kappa shape index (κ3) is 5.51. The molecular formula is C21H21ClF2N4O4. The lowest BCUT2D eigenvalue weighted by molar-refractivity contribution is -0.154. The van der Waals surface area contributed by atoms with E-state index in [0.29, 0.717) is 12.0 Å². The third-order valence-corrected chi connectivity index (χ3v) is 5.22. The zero-order valence-electron chi connectivity index (χ0n) is 16.7. The number of nitrogen functional groups attached to an aromatic ring is 1. The van der Waals surface area contributed by atoms with Gasteiger partial charge in [-0.1, -0.05) is 35.9 Å². The van der Waals surface area contributed by atoms with Crippen molar-refractivity contribution in [1.82, 2.24) is 10.2 Å². The molecule has 1 saturated heterocycles. The molecule has 32 heavy (non-hydrogen) atoms. The van der Waals surface area contributed by atoms with Gasteiger partial charge in [0, 0.05) is 23.7 Å². The molecule has 11 heteroatoms. The second-order valence-electron chi connectivity index (χ2n) is 7.17. The topological polar surface area (TPSA) is 129 Å². The zero-order chi connectivity index (χ0) is 23.4. The van der Waals surface area contributed by atoms with Crippen molar-refractivity contribution in [3.05, 3.63) is 64.2 Å². The quantitative estimate of drug-likeness (QED) is 0.350. The van der Waals surface area contributed by atoms with Crippen LogP contribution in [0, 0.1) is 5.41 Å². The van der Waals surface area contributed by atoms with E-state index in [-0.39, 0.29) is 41.2 Å². The number of likely N-dealkylation sites (tertiary alicyclic amines) is 1. The molecule has 8 nitrogen and oxygen atoms in total. The molecule has 0 radical (unpaired) electrons. The van der Waals surface area contributed by atoms with Gasteiger partial charge in [0.2, 0.25) is 5.91 Å². The third-order valence-electron chi connectivity index (χ3n) is 5.01. The van der Waals surface area contributed by atoms with Crippen LogP contribution in [0.5, 0.6) is 5.75 Å². The van der Waals surface area contributed by atoms with Crippen LogP contribution in [0.2, 0.25) is 5.02 Å². The average Bonchev–Trinajstić information content (AvgIpc) is 2.70. The van der Waals surface area contributed by atoms with Crippen LogP contribution in [-0.4, -0.2) is 46.9 Å². The molecule has 2 amide bonds. The number of amides is 2. The van der Waals surface area contributed by atoms with E-state index in [2.05, 4.69) is 10.1 Å². The molecule has 5 N–H and O–H groups in total. The van der Waals surface area contributed by atoms with Gasteiger partial charge >= 0.3 is 6.61 Å². The highest BCUT2D eigenvalue weighted by Gasteiger charge is 2.40. The van der Waals surface area contributed by atoms with Gasteiger partial charge in [-0.05, 0) is 35.7 Å². The van der Waals surface area contributed by atoms with E-state index in [1.54, 1.807) is 24.3 Å². The number of hydrogen-bond acceptors (Lipinski definition) is 5. The smallest absolute Gasteiger partial charge is 0.387 e. The van der Waals surface area contributed by atoms with Crippen molar-refractivity contribution in [3.63, 3.8) is 0 Å². The number of alkyl halides is 2. The Hall–Kier alpha value is -3.24. The summed E-state index contributed by atoms with van der Waals surface area (Å²) in [6.45, 7) is -2.61. The number of rotatable bonds is 8. The number of carbonyl (C=O) groups is 2. The van der Waals surface area contributed by atoms with E-state index in [1.165, 1.54) is 11.0 Å². The Morgan fingerprint density at radius 1 is 1.28 bits per heavy atom. The number of hydrogen-bond donors (Lipinski definition) is 4. The largest absolute Gasteiger partial charge is 0.435 e. The number of nitrogens with two attached hydrogens (primary N) is 1. The number of ether oxygens (including phenoxy) is 1. The van der Waals surface area contributed by atoms with Gasteiger partial charge < -0.3 is 25.8 Å². The highest BCUT2D eigenvalue weighted by molar-refractivity contribution is 6.30. The number of amidine groups is 1. The molecule has 0 aliphatic carbocycles. The first-order valence-corrected chi connectivity index (χ1v) is 9.98. The van der Waals surface area contributed by atoms with Crippen LogP contribution in [0.15, 0.2) is 42.5 Å². The Balaban J connectivity index is 1.61. The molecule has 2 aromatic rings. The summed E-state index contributed by atoms with van der Waals surface area (Å²) in [4.78, 5) is 26.4. The molecule has 1 heterocycles. The summed E-state index contributed by atoms with van der Waals surface area (Å²) in [6, 6.07) is 9.52. The van der Waals surface area contributed by atoms with Gasteiger partial charge in [0.05, 0.1) is 0 Å². The van der Waals surface area contributed by atoms with Gasteiger partial charge in [0.15, 0.2) is 6.10 Å². The van der Waals surface area contributed by atoms with E-state index in [0.717, 1.165) is 17.7 Å². The maximum atomic E-state index is 12.7. The molecule has 2 atom stereocenters. The summed E-state index contributed by atoms with van der Waals surface area (Å²) in [6.07, 6.45) is -1.27. The lowest BCUT2D eigenvalue weighted by atomic mass is 9.98. The fourth-order valence-corrected chi connectivity index (χ4v) is 3.48. The summed E-state index contributed by atoms with van der Waals surface area (Å²) in [5.74, 6) is -1.48. The van der Waals surface area contributed by atoms with E-state index >= 15 is 0 Å². The molecule has 1 aliphatic rings. The van der Waals surface area contributed by atoms with Crippen LogP contribution in [-0.2, 0) is 16.1 Å². The van der Waals surface area contributed by atoms with Gasteiger partial charge in [-0.2, -0.15) is 8.78 Å². The molecule has 0 saturated carbocycles.